The second-order valence-corrected chi connectivity index (χ2v) is 5.48. The number of nitrogens with one attached hydrogen (secondary N) is 1. The molecule has 0 saturated carbocycles. The van der Waals surface area contributed by atoms with E-state index in [1.54, 1.807) is 4.90 Å². The minimum atomic E-state index is 1.15. The van der Waals surface area contributed by atoms with E-state index >= 15 is 0 Å². The van der Waals surface area contributed by atoms with Crippen molar-refractivity contribution in [3.05, 3.63) is 21.9 Å². The molecule has 0 unspecified atom stereocenters. The third-order valence-corrected chi connectivity index (χ3v) is 3.25. The minimum Gasteiger partial charge on any atom is -0.342 e. The van der Waals surface area contributed by atoms with Crippen LogP contribution in [0.4, 0.5) is 0 Å². The average Bonchev–Trinajstić information content (AvgIpc) is 2.50. The van der Waals surface area contributed by atoms with Crippen molar-refractivity contribution in [3.63, 3.8) is 0 Å². The molecule has 0 atom stereocenters. The first-order chi connectivity index (χ1) is 6.68. The van der Waals surface area contributed by atoms with Gasteiger partial charge in [0.05, 0.1) is 32.1 Å². The summed E-state index contributed by atoms with van der Waals surface area (Å²) in [6.07, 6.45) is 1.31. The molecule has 0 fully saturated rings. The molecule has 80 valence electrons. The summed E-state index contributed by atoms with van der Waals surface area (Å²) in [7, 11) is 4.42. The first-order valence-electron chi connectivity index (χ1n) is 5.34. The van der Waals surface area contributed by atoms with Gasteiger partial charge in [0.1, 0.15) is 6.54 Å². The molecule has 14 heavy (non-hydrogen) atoms. The van der Waals surface area contributed by atoms with Crippen LogP contribution >= 0.6 is 11.3 Å². The number of hydrogen-bond acceptors (Lipinski definition) is 1. The van der Waals surface area contributed by atoms with Crippen LogP contribution in [0.2, 0.25) is 0 Å². The lowest BCUT2D eigenvalue weighted by molar-refractivity contribution is -0.860. The van der Waals surface area contributed by atoms with Crippen LogP contribution in [0.15, 0.2) is 12.1 Å². The van der Waals surface area contributed by atoms with E-state index in [4.69, 9.17) is 0 Å². The summed E-state index contributed by atoms with van der Waals surface area (Å²) in [6.45, 7) is 5.85. The highest BCUT2D eigenvalue weighted by Crippen LogP contribution is 2.12. The van der Waals surface area contributed by atoms with Gasteiger partial charge in [0, 0.05) is 11.3 Å². The van der Waals surface area contributed by atoms with Gasteiger partial charge in [0.25, 0.3) is 0 Å². The van der Waals surface area contributed by atoms with Crippen molar-refractivity contribution in [1.82, 2.24) is 0 Å². The molecular formula is C11H22N2S+2. The zero-order valence-electron chi connectivity index (χ0n) is 9.47. The highest BCUT2D eigenvalue weighted by atomic mass is 32.1. The minimum absolute atomic E-state index is 1.15. The van der Waals surface area contributed by atoms with Gasteiger partial charge in [-0.1, -0.05) is 0 Å². The molecule has 0 aliphatic heterocycles. The first kappa shape index (κ1) is 11.7. The summed E-state index contributed by atoms with van der Waals surface area (Å²) >= 11 is 1.92. The molecule has 1 aromatic rings. The Hall–Kier alpha value is -0.380. The molecule has 0 radical (unpaired) electrons. The molecule has 0 amide bonds. The van der Waals surface area contributed by atoms with Crippen LogP contribution in [0.1, 0.15) is 16.2 Å². The van der Waals surface area contributed by atoms with Crippen LogP contribution in [-0.2, 0) is 6.54 Å². The lowest BCUT2D eigenvalue weighted by Gasteiger charge is -2.05. The maximum absolute atomic E-state index is 2.41. The smallest absolute Gasteiger partial charge is 0.111 e. The van der Waals surface area contributed by atoms with Gasteiger partial charge in [-0.3, -0.25) is 0 Å². The van der Waals surface area contributed by atoms with Crippen molar-refractivity contribution in [2.45, 2.75) is 19.9 Å². The Morgan fingerprint density at radius 1 is 1.36 bits per heavy atom. The van der Waals surface area contributed by atoms with Gasteiger partial charge in [-0.2, -0.15) is 0 Å². The van der Waals surface area contributed by atoms with Gasteiger partial charge >= 0.3 is 0 Å². The Morgan fingerprint density at radius 2 is 2.14 bits per heavy atom. The fourth-order valence-corrected chi connectivity index (χ4v) is 2.33. The van der Waals surface area contributed by atoms with E-state index in [-0.39, 0.29) is 0 Å². The van der Waals surface area contributed by atoms with E-state index < -0.39 is 0 Å². The second kappa shape index (κ2) is 6.17. The fraction of sp³-hybridized carbons (Fsp3) is 0.636. The maximum Gasteiger partial charge on any atom is 0.111 e. The van der Waals surface area contributed by atoms with Crippen molar-refractivity contribution < 1.29 is 10.2 Å². The Kier molecular flexibility index (Phi) is 5.15. The van der Waals surface area contributed by atoms with Crippen molar-refractivity contribution in [1.29, 1.82) is 0 Å². The predicted molar refractivity (Wildman–Crippen MR) is 61.8 cm³/mol. The molecule has 3 heteroatoms. The lowest BCUT2D eigenvalue weighted by atomic mass is 10.4. The summed E-state index contributed by atoms with van der Waals surface area (Å²) in [6, 6.07) is 4.45. The molecule has 0 bridgehead atoms. The molecular weight excluding hydrogens is 192 g/mol. The van der Waals surface area contributed by atoms with Crippen LogP contribution in [0.25, 0.3) is 0 Å². The second-order valence-electron chi connectivity index (χ2n) is 4.10. The summed E-state index contributed by atoms with van der Waals surface area (Å²) in [4.78, 5) is 4.47. The molecule has 0 aliphatic carbocycles. The Labute approximate surface area is 90.9 Å². The number of hydrogen-bond donors (Lipinski definition) is 2. The van der Waals surface area contributed by atoms with E-state index in [1.165, 1.54) is 29.3 Å². The van der Waals surface area contributed by atoms with Crippen LogP contribution in [0.3, 0.4) is 0 Å². The highest BCUT2D eigenvalue weighted by molar-refractivity contribution is 7.11. The van der Waals surface area contributed by atoms with E-state index in [1.807, 2.05) is 11.3 Å². The lowest BCUT2D eigenvalue weighted by Crippen LogP contribution is -3.06. The summed E-state index contributed by atoms with van der Waals surface area (Å²) in [5, 5.41) is 2.41. The maximum atomic E-state index is 2.41. The fourth-order valence-electron chi connectivity index (χ4n) is 1.44. The topological polar surface area (TPSA) is 21.1 Å². The average molecular weight is 214 g/mol. The SMILES string of the molecule is Cc1ccc(C[NH2+]CCC[NH+](C)C)s1. The van der Waals surface area contributed by atoms with Crippen LogP contribution in [0, 0.1) is 6.92 Å². The molecule has 0 spiro atoms. The third-order valence-electron chi connectivity index (χ3n) is 2.23. The molecule has 3 N–H and O–H groups in total. The predicted octanol–water partition coefficient (Wildman–Crippen LogP) is -0.345. The Balaban J connectivity index is 2.04. The number of thiophene rings is 1. The van der Waals surface area contributed by atoms with E-state index in [0.717, 1.165) is 6.54 Å². The Morgan fingerprint density at radius 3 is 2.71 bits per heavy atom. The molecule has 1 heterocycles. The highest BCUT2D eigenvalue weighted by Gasteiger charge is 1.99. The summed E-state index contributed by atoms with van der Waals surface area (Å²) in [5.74, 6) is 0. The zero-order chi connectivity index (χ0) is 10.4. The van der Waals surface area contributed by atoms with Gasteiger partial charge in [-0.05, 0) is 19.1 Å². The van der Waals surface area contributed by atoms with Crippen molar-refractivity contribution in [2.24, 2.45) is 0 Å². The molecule has 0 saturated heterocycles. The van der Waals surface area contributed by atoms with Gasteiger partial charge in [0.15, 0.2) is 0 Å². The van der Waals surface area contributed by atoms with Crippen LogP contribution < -0.4 is 10.2 Å². The van der Waals surface area contributed by atoms with E-state index in [0.29, 0.717) is 0 Å². The van der Waals surface area contributed by atoms with Gasteiger partial charge in [-0.15, -0.1) is 11.3 Å². The standard InChI is InChI=1S/C11H20N2S/c1-10-5-6-11(14-10)9-12-7-4-8-13(2)3/h5-6,12H,4,7-9H2,1-3H3/p+2. The number of rotatable bonds is 6. The first-order valence-corrected chi connectivity index (χ1v) is 6.16. The molecule has 0 aliphatic rings. The summed E-state index contributed by atoms with van der Waals surface area (Å²) < 4.78 is 0. The zero-order valence-corrected chi connectivity index (χ0v) is 10.3. The monoisotopic (exact) mass is 214 g/mol. The molecule has 1 rings (SSSR count). The van der Waals surface area contributed by atoms with Gasteiger partial charge < -0.3 is 10.2 Å². The molecule has 0 aromatic carbocycles. The van der Waals surface area contributed by atoms with Crippen LogP contribution in [0.5, 0.6) is 0 Å². The van der Waals surface area contributed by atoms with Gasteiger partial charge in [-0.25, -0.2) is 0 Å². The van der Waals surface area contributed by atoms with Crippen molar-refractivity contribution in [3.8, 4) is 0 Å². The Bertz CT molecular complexity index is 256. The normalized spacial score (nSPS) is 11.1. The van der Waals surface area contributed by atoms with Crippen molar-refractivity contribution >= 4 is 11.3 Å². The summed E-state index contributed by atoms with van der Waals surface area (Å²) in [5.41, 5.74) is 0. The number of aryl methyl sites for hydroxylation is 1. The quantitative estimate of drug-likeness (QED) is 0.604. The van der Waals surface area contributed by atoms with Gasteiger partial charge in [0.2, 0.25) is 0 Å². The van der Waals surface area contributed by atoms with E-state index in [2.05, 4.69) is 38.5 Å². The number of quaternary nitrogens is 2. The van der Waals surface area contributed by atoms with E-state index in [9.17, 15) is 0 Å². The molecule has 1 aromatic heterocycles. The van der Waals surface area contributed by atoms with Crippen molar-refractivity contribution in [2.75, 3.05) is 27.2 Å². The largest absolute Gasteiger partial charge is 0.342 e. The number of nitrogens with two attached hydrogens (primary N) is 1. The third kappa shape index (κ3) is 4.74. The molecule has 2 nitrogen and oxygen atoms in total. The van der Waals surface area contributed by atoms with Crippen LogP contribution in [-0.4, -0.2) is 27.2 Å².